The van der Waals surface area contributed by atoms with Crippen molar-refractivity contribution in [3.05, 3.63) is 42.2 Å². The van der Waals surface area contributed by atoms with Gasteiger partial charge in [-0.05, 0) is 30.3 Å². The first kappa shape index (κ1) is 15.4. The lowest BCUT2D eigenvalue weighted by atomic mass is 10.3. The molecule has 0 amide bonds. The van der Waals surface area contributed by atoms with Crippen molar-refractivity contribution in [3.63, 3.8) is 0 Å². The van der Waals surface area contributed by atoms with Crippen LogP contribution < -0.4 is 0 Å². The number of thioether (sulfide) groups is 1. The SMILES string of the molecule is CC(=O)OCSc1ccc(-n2ccc(C(F)(F)F)n2)cc1. The number of halogens is 3. The molecule has 0 bridgehead atoms. The number of aromatic nitrogens is 2. The number of carbonyl (C=O) groups excluding carboxylic acids is 1. The zero-order valence-electron chi connectivity index (χ0n) is 10.9. The van der Waals surface area contributed by atoms with Gasteiger partial charge in [-0.15, -0.1) is 0 Å². The molecule has 0 aliphatic rings. The highest BCUT2D eigenvalue weighted by molar-refractivity contribution is 7.99. The Morgan fingerprint density at radius 3 is 2.48 bits per heavy atom. The number of hydrogen-bond acceptors (Lipinski definition) is 4. The summed E-state index contributed by atoms with van der Waals surface area (Å²) in [5, 5.41) is 3.48. The molecule has 0 saturated carbocycles. The van der Waals surface area contributed by atoms with Crippen molar-refractivity contribution in [1.29, 1.82) is 0 Å². The highest BCUT2D eigenvalue weighted by atomic mass is 32.2. The van der Waals surface area contributed by atoms with Crippen molar-refractivity contribution in [3.8, 4) is 5.69 Å². The second-order valence-electron chi connectivity index (χ2n) is 4.04. The van der Waals surface area contributed by atoms with E-state index in [2.05, 4.69) is 5.10 Å². The Bertz CT molecular complexity index is 623. The Balaban J connectivity index is 2.05. The summed E-state index contributed by atoms with van der Waals surface area (Å²) in [5.74, 6) is -0.176. The minimum atomic E-state index is -4.45. The number of carbonyl (C=O) groups is 1. The number of rotatable bonds is 4. The molecule has 0 aliphatic heterocycles. The molecule has 1 aromatic heterocycles. The van der Waals surface area contributed by atoms with Crippen LogP contribution in [0.2, 0.25) is 0 Å². The van der Waals surface area contributed by atoms with Crippen LogP contribution in [-0.2, 0) is 15.7 Å². The van der Waals surface area contributed by atoms with E-state index in [1.54, 1.807) is 24.3 Å². The Hall–Kier alpha value is -1.96. The van der Waals surface area contributed by atoms with Crippen molar-refractivity contribution in [2.24, 2.45) is 0 Å². The van der Waals surface area contributed by atoms with Gasteiger partial charge in [0.15, 0.2) is 5.69 Å². The van der Waals surface area contributed by atoms with E-state index in [4.69, 9.17) is 4.74 Å². The van der Waals surface area contributed by atoms with Crippen LogP contribution in [0.25, 0.3) is 5.69 Å². The maximum absolute atomic E-state index is 12.5. The summed E-state index contributed by atoms with van der Waals surface area (Å²) in [6.45, 7) is 1.32. The predicted molar refractivity (Wildman–Crippen MR) is 71.1 cm³/mol. The molecular formula is C13H11F3N2O2S. The van der Waals surface area contributed by atoms with Gasteiger partial charge in [0.05, 0.1) is 5.69 Å². The Kier molecular flexibility index (Phi) is 4.56. The van der Waals surface area contributed by atoms with Gasteiger partial charge in [0.2, 0.25) is 0 Å². The summed E-state index contributed by atoms with van der Waals surface area (Å²) < 4.78 is 43.3. The quantitative estimate of drug-likeness (QED) is 0.492. The Labute approximate surface area is 122 Å². The smallest absolute Gasteiger partial charge is 0.435 e. The number of alkyl halides is 3. The van der Waals surface area contributed by atoms with E-state index in [0.717, 1.165) is 15.6 Å². The Morgan fingerprint density at radius 1 is 1.29 bits per heavy atom. The van der Waals surface area contributed by atoms with Gasteiger partial charge in [-0.1, -0.05) is 11.8 Å². The zero-order valence-corrected chi connectivity index (χ0v) is 11.7. The standard InChI is InChI=1S/C13H11F3N2O2S/c1-9(19)20-8-21-11-4-2-10(3-5-11)18-7-6-12(17-18)13(14,15)16/h2-7H,8H2,1H3. The number of ether oxygens (including phenoxy) is 1. The van der Waals surface area contributed by atoms with E-state index in [-0.39, 0.29) is 11.9 Å². The van der Waals surface area contributed by atoms with Gasteiger partial charge in [-0.25, -0.2) is 4.68 Å². The average Bonchev–Trinajstić information content (AvgIpc) is 2.88. The summed E-state index contributed by atoms with van der Waals surface area (Å²) in [7, 11) is 0. The molecule has 4 nitrogen and oxygen atoms in total. The van der Waals surface area contributed by atoms with E-state index in [0.29, 0.717) is 5.69 Å². The van der Waals surface area contributed by atoms with Gasteiger partial charge in [-0.2, -0.15) is 18.3 Å². The highest BCUT2D eigenvalue weighted by Crippen LogP contribution is 2.28. The third-order valence-electron chi connectivity index (χ3n) is 2.47. The predicted octanol–water partition coefficient (Wildman–Crippen LogP) is 3.50. The topological polar surface area (TPSA) is 44.1 Å². The number of benzene rings is 1. The van der Waals surface area contributed by atoms with Crippen LogP contribution in [0.3, 0.4) is 0 Å². The van der Waals surface area contributed by atoms with Crippen molar-refractivity contribution in [2.45, 2.75) is 18.0 Å². The zero-order chi connectivity index (χ0) is 15.5. The normalized spacial score (nSPS) is 11.4. The number of hydrogen-bond donors (Lipinski definition) is 0. The van der Waals surface area contributed by atoms with Gasteiger partial charge < -0.3 is 4.74 Å². The molecule has 112 valence electrons. The molecule has 0 N–H and O–H groups in total. The van der Waals surface area contributed by atoms with E-state index >= 15 is 0 Å². The number of nitrogens with zero attached hydrogens (tertiary/aromatic N) is 2. The third kappa shape index (κ3) is 4.25. The van der Waals surface area contributed by atoms with E-state index in [9.17, 15) is 18.0 Å². The minimum Gasteiger partial charge on any atom is -0.454 e. The van der Waals surface area contributed by atoms with Crippen LogP contribution in [0.4, 0.5) is 13.2 Å². The lowest BCUT2D eigenvalue weighted by molar-refractivity contribution is -0.141. The van der Waals surface area contributed by atoms with Crippen LogP contribution in [0.5, 0.6) is 0 Å². The molecule has 0 radical (unpaired) electrons. The molecule has 21 heavy (non-hydrogen) atoms. The first-order chi connectivity index (χ1) is 9.86. The summed E-state index contributed by atoms with van der Waals surface area (Å²) in [4.78, 5) is 11.5. The average molecular weight is 316 g/mol. The number of esters is 1. The fraction of sp³-hybridized carbons (Fsp3) is 0.231. The van der Waals surface area contributed by atoms with Gasteiger partial charge in [0, 0.05) is 18.0 Å². The second kappa shape index (κ2) is 6.21. The van der Waals surface area contributed by atoms with Crippen LogP contribution in [-0.4, -0.2) is 21.7 Å². The molecule has 0 aliphatic carbocycles. The highest BCUT2D eigenvalue weighted by Gasteiger charge is 2.33. The molecule has 0 fully saturated rings. The summed E-state index contributed by atoms with van der Waals surface area (Å²) in [6.07, 6.45) is -3.20. The van der Waals surface area contributed by atoms with Gasteiger partial charge in [-0.3, -0.25) is 4.79 Å². The van der Waals surface area contributed by atoms with E-state index in [1.807, 2.05) is 0 Å². The van der Waals surface area contributed by atoms with Crippen LogP contribution in [0.1, 0.15) is 12.6 Å². The monoisotopic (exact) mass is 316 g/mol. The molecule has 2 aromatic rings. The van der Waals surface area contributed by atoms with Crippen molar-refractivity contribution >= 4 is 17.7 Å². The molecule has 0 spiro atoms. The van der Waals surface area contributed by atoms with Crippen molar-refractivity contribution in [2.75, 3.05) is 5.94 Å². The van der Waals surface area contributed by atoms with E-state index < -0.39 is 11.9 Å². The molecule has 1 aromatic carbocycles. The van der Waals surface area contributed by atoms with Gasteiger partial charge in [0.25, 0.3) is 0 Å². The lowest BCUT2D eigenvalue weighted by Gasteiger charge is -2.05. The second-order valence-corrected chi connectivity index (χ2v) is 5.03. The molecule has 2 rings (SSSR count). The van der Waals surface area contributed by atoms with Gasteiger partial charge in [0.1, 0.15) is 5.94 Å². The maximum Gasteiger partial charge on any atom is 0.435 e. The first-order valence-electron chi connectivity index (χ1n) is 5.86. The fourth-order valence-electron chi connectivity index (χ4n) is 1.49. The first-order valence-corrected chi connectivity index (χ1v) is 6.84. The lowest BCUT2D eigenvalue weighted by Crippen LogP contribution is -2.07. The summed E-state index contributed by atoms with van der Waals surface area (Å²) >= 11 is 1.31. The molecule has 0 unspecified atom stereocenters. The van der Waals surface area contributed by atoms with Crippen LogP contribution in [0.15, 0.2) is 41.4 Å². The van der Waals surface area contributed by atoms with Crippen LogP contribution >= 0.6 is 11.8 Å². The van der Waals surface area contributed by atoms with Crippen LogP contribution in [0, 0.1) is 0 Å². The van der Waals surface area contributed by atoms with Gasteiger partial charge >= 0.3 is 12.1 Å². The fourth-order valence-corrected chi connectivity index (χ4v) is 2.18. The van der Waals surface area contributed by atoms with Crippen molar-refractivity contribution < 1.29 is 22.7 Å². The third-order valence-corrected chi connectivity index (χ3v) is 3.31. The molecule has 0 saturated heterocycles. The minimum absolute atomic E-state index is 0.189. The maximum atomic E-state index is 12.5. The largest absolute Gasteiger partial charge is 0.454 e. The molecule has 8 heteroatoms. The Morgan fingerprint density at radius 2 is 1.95 bits per heavy atom. The molecular weight excluding hydrogens is 305 g/mol. The molecule has 1 heterocycles. The van der Waals surface area contributed by atoms with E-state index in [1.165, 1.54) is 24.9 Å². The summed E-state index contributed by atoms with van der Waals surface area (Å²) in [5.41, 5.74) is -0.418. The molecule has 0 atom stereocenters. The van der Waals surface area contributed by atoms with Crippen molar-refractivity contribution in [1.82, 2.24) is 9.78 Å². The summed E-state index contributed by atoms with van der Waals surface area (Å²) in [6, 6.07) is 7.65.